The van der Waals surface area contributed by atoms with E-state index in [4.69, 9.17) is 11.5 Å². The first-order chi connectivity index (χ1) is 6.74. The third-order valence-electron chi connectivity index (χ3n) is 2.07. The monoisotopic (exact) mass is 190 g/mol. The lowest BCUT2D eigenvalue weighted by molar-refractivity contribution is 0.248. The average molecular weight is 190 g/mol. The van der Waals surface area contributed by atoms with Crippen molar-refractivity contribution in [1.29, 1.82) is 0 Å². The van der Waals surface area contributed by atoms with Gasteiger partial charge in [-0.25, -0.2) is 4.79 Å². The normalized spacial score (nSPS) is 10.6. The highest BCUT2D eigenvalue weighted by Gasteiger charge is 2.10. The second kappa shape index (κ2) is 3.12. The minimum Gasteiger partial charge on any atom is -0.350 e. The predicted molar refractivity (Wildman–Crippen MR) is 52.6 cm³/mol. The third-order valence-corrected chi connectivity index (χ3v) is 2.07. The lowest BCUT2D eigenvalue weighted by Gasteiger charge is -1.94. The lowest BCUT2D eigenvalue weighted by atomic mass is 10.2. The number of benzene rings is 1. The molecule has 0 unspecified atom stereocenters. The van der Waals surface area contributed by atoms with Crippen molar-refractivity contribution in [2.24, 2.45) is 11.5 Å². The van der Waals surface area contributed by atoms with Gasteiger partial charge in [0.2, 0.25) is 0 Å². The zero-order valence-electron chi connectivity index (χ0n) is 7.47. The maximum Gasteiger partial charge on any atom is 0.340 e. The number of carbonyl (C=O) groups excluding carboxylic acids is 1. The number of primary amides is 1. The van der Waals surface area contributed by atoms with Gasteiger partial charge >= 0.3 is 6.03 Å². The standard InChI is InChI=1S/C9H10N4O/c10-5-7-6-3-1-2-4-8(6)13(12-7)9(11)14/h1-4H,5,10H2,(H2,11,14). The molecular formula is C9H10N4O. The maximum absolute atomic E-state index is 11.0. The summed E-state index contributed by atoms with van der Waals surface area (Å²) in [6.07, 6.45) is 0. The zero-order valence-corrected chi connectivity index (χ0v) is 7.47. The molecule has 5 nitrogen and oxygen atoms in total. The van der Waals surface area contributed by atoms with Crippen molar-refractivity contribution in [2.75, 3.05) is 0 Å². The Morgan fingerprint density at radius 2 is 2.14 bits per heavy atom. The molecule has 1 aromatic carbocycles. The summed E-state index contributed by atoms with van der Waals surface area (Å²) in [6, 6.07) is 6.75. The first-order valence-corrected chi connectivity index (χ1v) is 4.20. The van der Waals surface area contributed by atoms with E-state index < -0.39 is 6.03 Å². The number of rotatable bonds is 1. The molecule has 0 saturated heterocycles. The topological polar surface area (TPSA) is 86.9 Å². The summed E-state index contributed by atoms with van der Waals surface area (Å²) in [7, 11) is 0. The van der Waals surface area contributed by atoms with Crippen LogP contribution in [0.15, 0.2) is 24.3 Å². The lowest BCUT2D eigenvalue weighted by Crippen LogP contribution is -2.20. The fraction of sp³-hybridized carbons (Fsp3) is 0.111. The molecule has 0 aliphatic heterocycles. The van der Waals surface area contributed by atoms with Gasteiger partial charge in [0.1, 0.15) is 0 Å². The van der Waals surface area contributed by atoms with Crippen molar-refractivity contribution in [3.8, 4) is 0 Å². The molecule has 1 amide bonds. The average Bonchev–Trinajstić information content (AvgIpc) is 2.56. The van der Waals surface area contributed by atoms with Crippen molar-refractivity contribution >= 4 is 16.9 Å². The van der Waals surface area contributed by atoms with Gasteiger partial charge in [-0.05, 0) is 6.07 Å². The first kappa shape index (κ1) is 8.71. The van der Waals surface area contributed by atoms with Crippen LogP contribution in [0.1, 0.15) is 5.69 Å². The Labute approximate surface area is 80.3 Å². The van der Waals surface area contributed by atoms with E-state index in [1.165, 1.54) is 0 Å². The summed E-state index contributed by atoms with van der Waals surface area (Å²) >= 11 is 0. The summed E-state index contributed by atoms with van der Waals surface area (Å²) in [5.41, 5.74) is 12.0. The van der Waals surface area contributed by atoms with Gasteiger partial charge in [0.05, 0.1) is 11.2 Å². The molecular weight excluding hydrogens is 180 g/mol. The van der Waals surface area contributed by atoms with Crippen LogP contribution < -0.4 is 11.5 Å². The van der Waals surface area contributed by atoms with Crippen molar-refractivity contribution in [1.82, 2.24) is 9.78 Å². The van der Waals surface area contributed by atoms with Gasteiger partial charge in [0, 0.05) is 11.9 Å². The van der Waals surface area contributed by atoms with E-state index in [-0.39, 0.29) is 0 Å². The molecule has 0 atom stereocenters. The molecule has 0 aliphatic rings. The van der Waals surface area contributed by atoms with Gasteiger partial charge in [-0.15, -0.1) is 0 Å². The van der Waals surface area contributed by atoms with Gasteiger partial charge < -0.3 is 11.5 Å². The fourth-order valence-electron chi connectivity index (χ4n) is 1.45. The molecule has 0 spiro atoms. The summed E-state index contributed by atoms with van der Waals surface area (Å²) in [6.45, 7) is 0.292. The van der Waals surface area contributed by atoms with Crippen LogP contribution in [-0.4, -0.2) is 15.8 Å². The molecule has 0 aliphatic carbocycles. The molecule has 0 radical (unpaired) electrons. The van der Waals surface area contributed by atoms with Gasteiger partial charge in [0.25, 0.3) is 0 Å². The van der Waals surface area contributed by atoms with Gasteiger partial charge in [0.15, 0.2) is 0 Å². The number of hydrogen-bond donors (Lipinski definition) is 2. The van der Waals surface area contributed by atoms with Crippen LogP contribution in [0.3, 0.4) is 0 Å². The molecule has 0 fully saturated rings. The van der Waals surface area contributed by atoms with E-state index in [0.29, 0.717) is 17.8 Å². The molecule has 72 valence electrons. The SMILES string of the molecule is NCc1nn(C(N)=O)c2ccccc12. The Hall–Kier alpha value is -1.88. The van der Waals surface area contributed by atoms with E-state index in [1.807, 2.05) is 18.2 Å². The largest absolute Gasteiger partial charge is 0.350 e. The van der Waals surface area contributed by atoms with E-state index in [0.717, 1.165) is 10.1 Å². The number of carbonyl (C=O) groups is 1. The van der Waals surface area contributed by atoms with Crippen molar-refractivity contribution in [3.05, 3.63) is 30.0 Å². The van der Waals surface area contributed by atoms with E-state index >= 15 is 0 Å². The van der Waals surface area contributed by atoms with Crippen LogP contribution in [0.5, 0.6) is 0 Å². The maximum atomic E-state index is 11.0. The third kappa shape index (κ3) is 1.14. The predicted octanol–water partition coefficient (Wildman–Crippen LogP) is 0.422. The first-order valence-electron chi connectivity index (χ1n) is 4.20. The zero-order chi connectivity index (χ0) is 10.1. The number of nitrogens with zero attached hydrogens (tertiary/aromatic N) is 2. The quantitative estimate of drug-likeness (QED) is 0.683. The van der Waals surface area contributed by atoms with Crippen molar-refractivity contribution in [3.63, 3.8) is 0 Å². The molecule has 14 heavy (non-hydrogen) atoms. The summed E-state index contributed by atoms with van der Waals surface area (Å²) < 4.78 is 1.16. The number of amides is 1. The fourth-order valence-corrected chi connectivity index (χ4v) is 1.45. The summed E-state index contributed by atoms with van der Waals surface area (Å²) in [4.78, 5) is 11.0. The Morgan fingerprint density at radius 3 is 2.79 bits per heavy atom. The van der Waals surface area contributed by atoms with Crippen LogP contribution >= 0.6 is 0 Å². The summed E-state index contributed by atoms with van der Waals surface area (Å²) in [5, 5.41) is 4.89. The minimum atomic E-state index is -0.596. The van der Waals surface area contributed by atoms with E-state index in [1.54, 1.807) is 6.07 Å². The second-order valence-corrected chi connectivity index (χ2v) is 2.92. The van der Waals surface area contributed by atoms with Crippen LogP contribution in [0, 0.1) is 0 Å². The highest BCUT2D eigenvalue weighted by atomic mass is 16.2. The Bertz CT molecular complexity index is 489. The molecule has 1 aromatic heterocycles. The van der Waals surface area contributed by atoms with Crippen LogP contribution in [0.2, 0.25) is 0 Å². The number of fused-ring (bicyclic) bond motifs is 1. The minimum absolute atomic E-state index is 0.292. The van der Waals surface area contributed by atoms with E-state index in [9.17, 15) is 4.79 Å². The molecule has 0 bridgehead atoms. The molecule has 0 saturated carbocycles. The van der Waals surface area contributed by atoms with Gasteiger partial charge in [-0.1, -0.05) is 18.2 Å². The van der Waals surface area contributed by atoms with Gasteiger partial charge in [-0.3, -0.25) is 0 Å². The second-order valence-electron chi connectivity index (χ2n) is 2.92. The van der Waals surface area contributed by atoms with Gasteiger partial charge in [-0.2, -0.15) is 9.78 Å². The molecule has 2 aromatic rings. The molecule has 1 heterocycles. The van der Waals surface area contributed by atoms with Crippen molar-refractivity contribution in [2.45, 2.75) is 6.54 Å². The Kier molecular flexibility index (Phi) is 1.94. The van der Waals surface area contributed by atoms with Crippen LogP contribution in [-0.2, 0) is 6.54 Å². The van der Waals surface area contributed by atoms with Crippen LogP contribution in [0.4, 0.5) is 4.79 Å². The number of nitrogens with two attached hydrogens (primary N) is 2. The van der Waals surface area contributed by atoms with E-state index in [2.05, 4.69) is 5.10 Å². The van der Waals surface area contributed by atoms with Crippen LogP contribution in [0.25, 0.3) is 10.9 Å². The Morgan fingerprint density at radius 1 is 1.43 bits per heavy atom. The Balaban J connectivity index is 2.80. The highest BCUT2D eigenvalue weighted by Crippen LogP contribution is 2.17. The number of hydrogen-bond acceptors (Lipinski definition) is 3. The molecule has 2 rings (SSSR count). The molecule has 4 N–H and O–H groups in total. The molecule has 5 heteroatoms. The number of aromatic nitrogens is 2. The number of para-hydroxylation sites is 1. The smallest absolute Gasteiger partial charge is 0.340 e. The highest BCUT2D eigenvalue weighted by molar-refractivity contribution is 5.90. The van der Waals surface area contributed by atoms with Crippen molar-refractivity contribution < 1.29 is 4.79 Å². The summed E-state index contributed by atoms with van der Waals surface area (Å²) in [5.74, 6) is 0.